The first kappa shape index (κ1) is 15.2. The van der Waals surface area contributed by atoms with Gasteiger partial charge in [-0.1, -0.05) is 17.9 Å². The molecular formula is C15H24O3. The highest BCUT2D eigenvalue weighted by atomic mass is 16.7. The van der Waals surface area contributed by atoms with E-state index >= 15 is 0 Å². The minimum atomic E-state index is -0.0143. The van der Waals surface area contributed by atoms with E-state index in [2.05, 4.69) is 18.4 Å². The Bertz CT molecular complexity index is 271. The average molecular weight is 252 g/mol. The SMILES string of the molecule is C=CCCC(C#CCCOC1CCCCO1)OC. The topological polar surface area (TPSA) is 27.7 Å². The van der Waals surface area contributed by atoms with Crippen molar-refractivity contribution >= 4 is 0 Å². The zero-order valence-corrected chi connectivity index (χ0v) is 11.3. The molecule has 1 aliphatic rings. The van der Waals surface area contributed by atoms with E-state index < -0.39 is 0 Å². The Kier molecular flexibility index (Phi) is 8.58. The molecule has 3 nitrogen and oxygen atoms in total. The molecule has 0 aromatic rings. The maximum absolute atomic E-state index is 5.60. The van der Waals surface area contributed by atoms with E-state index in [1.54, 1.807) is 7.11 Å². The first-order valence-corrected chi connectivity index (χ1v) is 6.72. The molecule has 0 spiro atoms. The Morgan fingerprint density at radius 3 is 3.06 bits per heavy atom. The van der Waals surface area contributed by atoms with Crippen molar-refractivity contribution in [3.8, 4) is 11.8 Å². The fourth-order valence-electron chi connectivity index (χ4n) is 1.79. The molecule has 18 heavy (non-hydrogen) atoms. The molecule has 0 aromatic heterocycles. The summed E-state index contributed by atoms with van der Waals surface area (Å²) in [5.74, 6) is 6.20. The van der Waals surface area contributed by atoms with Crippen molar-refractivity contribution in [1.82, 2.24) is 0 Å². The zero-order valence-electron chi connectivity index (χ0n) is 11.3. The van der Waals surface area contributed by atoms with Gasteiger partial charge in [-0.3, -0.25) is 0 Å². The van der Waals surface area contributed by atoms with Gasteiger partial charge < -0.3 is 14.2 Å². The molecule has 1 rings (SSSR count). The Balaban J connectivity index is 2.09. The van der Waals surface area contributed by atoms with Crippen molar-refractivity contribution in [3.05, 3.63) is 12.7 Å². The minimum Gasteiger partial charge on any atom is -0.369 e. The molecule has 2 atom stereocenters. The summed E-state index contributed by atoms with van der Waals surface area (Å²) in [6.45, 7) is 5.15. The molecule has 0 aliphatic carbocycles. The van der Waals surface area contributed by atoms with Gasteiger partial charge in [0.1, 0.15) is 6.10 Å². The molecular weight excluding hydrogens is 228 g/mol. The van der Waals surface area contributed by atoms with Crippen molar-refractivity contribution in [1.29, 1.82) is 0 Å². The van der Waals surface area contributed by atoms with Crippen LogP contribution >= 0.6 is 0 Å². The van der Waals surface area contributed by atoms with E-state index in [4.69, 9.17) is 14.2 Å². The normalized spacial score (nSPS) is 20.8. The molecule has 1 aliphatic heterocycles. The van der Waals surface area contributed by atoms with Crippen LogP contribution in [-0.2, 0) is 14.2 Å². The molecule has 1 heterocycles. The summed E-state index contributed by atoms with van der Waals surface area (Å²) in [6.07, 6.45) is 7.80. The van der Waals surface area contributed by atoms with Gasteiger partial charge >= 0.3 is 0 Å². The van der Waals surface area contributed by atoms with Crippen LogP contribution in [0.1, 0.15) is 38.5 Å². The molecule has 1 saturated heterocycles. The number of ether oxygens (including phenoxy) is 3. The van der Waals surface area contributed by atoms with Gasteiger partial charge in [-0.2, -0.15) is 0 Å². The van der Waals surface area contributed by atoms with Gasteiger partial charge in [0.15, 0.2) is 6.29 Å². The number of allylic oxidation sites excluding steroid dienone is 1. The third-order valence-electron chi connectivity index (χ3n) is 2.85. The van der Waals surface area contributed by atoms with E-state index in [0.29, 0.717) is 6.61 Å². The number of methoxy groups -OCH3 is 1. The van der Waals surface area contributed by atoms with Crippen LogP contribution in [0.3, 0.4) is 0 Å². The van der Waals surface area contributed by atoms with Gasteiger partial charge in [-0.05, 0) is 32.1 Å². The lowest BCUT2D eigenvalue weighted by Gasteiger charge is -2.22. The van der Waals surface area contributed by atoms with Crippen LogP contribution in [0.25, 0.3) is 0 Å². The van der Waals surface area contributed by atoms with Crippen LogP contribution < -0.4 is 0 Å². The van der Waals surface area contributed by atoms with Crippen LogP contribution in [0, 0.1) is 11.8 Å². The van der Waals surface area contributed by atoms with E-state index in [9.17, 15) is 0 Å². The summed E-state index contributed by atoms with van der Waals surface area (Å²) in [7, 11) is 1.69. The second kappa shape index (κ2) is 10.1. The molecule has 0 N–H and O–H groups in total. The Labute approximate surface area is 110 Å². The van der Waals surface area contributed by atoms with E-state index in [-0.39, 0.29) is 12.4 Å². The van der Waals surface area contributed by atoms with Gasteiger partial charge in [-0.15, -0.1) is 6.58 Å². The van der Waals surface area contributed by atoms with E-state index in [1.807, 2.05) is 6.08 Å². The number of rotatable bonds is 7. The lowest BCUT2D eigenvalue weighted by Crippen LogP contribution is -2.22. The molecule has 3 heteroatoms. The van der Waals surface area contributed by atoms with Gasteiger partial charge in [0.25, 0.3) is 0 Å². The largest absolute Gasteiger partial charge is 0.369 e. The highest BCUT2D eigenvalue weighted by molar-refractivity contribution is 5.05. The number of hydrogen-bond donors (Lipinski definition) is 0. The van der Waals surface area contributed by atoms with E-state index in [0.717, 1.165) is 38.7 Å². The summed E-state index contributed by atoms with van der Waals surface area (Å²) in [5.41, 5.74) is 0. The molecule has 0 radical (unpaired) electrons. The monoisotopic (exact) mass is 252 g/mol. The summed E-state index contributed by atoms with van der Waals surface area (Å²) in [5, 5.41) is 0. The van der Waals surface area contributed by atoms with Gasteiger partial charge in [0.05, 0.1) is 6.61 Å². The third kappa shape index (κ3) is 6.80. The Hall–Kier alpha value is -0.820. The summed E-state index contributed by atoms with van der Waals surface area (Å²) >= 11 is 0. The summed E-state index contributed by atoms with van der Waals surface area (Å²) in [6, 6.07) is 0. The van der Waals surface area contributed by atoms with Crippen LogP contribution in [0.2, 0.25) is 0 Å². The van der Waals surface area contributed by atoms with Crippen molar-refractivity contribution in [2.75, 3.05) is 20.3 Å². The van der Waals surface area contributed by atoms with Crippen LogP contribution in [-0.4, -0.2) is 32.7 Å². The van der Waals surface area contributed by atoms with Crippen molar-refractivity contribution in [3.63, 3.8) is 0 Å². The van der Waals surface area contributed by atoms with Crippen LogP contribution in [0.4, 0.5) is 0 Å². The van der Waals surface area contributed by atoms with Crippen molar-refractivity contribution < 1.29 is 14.2 Å². The van der Waals surface area contributed by atoms with Crippen molar-refractivity contribution in [2.24, 2.45) is 0 Å². The summed E-state index contributed by atoms with van der Waals surface area (Å²) in [4.78, 5) is 0. The first-order chi connectivity index (χ1) is 8.86. The lowest BCUT2D eigenvalue weighted by molar-refractivity contribution is -0.161. The fraction of sp³-hybridized carbons (Fsp3) is 0.733. The first-order valence-electron chi connectivity index (χ1n) is 6.72. The molecule has 0 amide bonds. The molecule has 0 bridgehead atoms. The third-order valence-corrected chi connectivity index (χ3v) is 2.85. The molecule has 2 unspecified atom stereocenters. The molecule has 1 fully saturated rings. The van der Waals surface area contributed by atoms with Crippen LogP contribution in [0.5, 0.6) is 0 Å². The average Bonchev–Trinajstić information content (AvgIpc) is 2.43. The zero-order chi connectivity index (χ0) is 13.1. The lowest BCUT2D eigenvalue weighted by atomic mass is 10.2. The highest BCUT2D eigenvalue weighted by Gasteiger charge is 2.12. The van der Waals surface area contributed by atoms with Gasteiger partial charge in [-0.25, -0.2) is 0 Å². The predicted molar refractivity (Wildman–Crippen MR) is 72.2 cm³/mol. The fourth-order valence-corrected chi connectivity index (χ4v) is 1.79. The molecule has 0 aromatic carbocycles. The second-order valence-electron chi connectivity index (χ2n) is 4.33. The highest BCUT2D eigenvalue weighted by Crippen LogP contribution is 2.13. The molecule has 102 valence electrons. The minimum absolute atomic E-state index is 0.00827. The van der Waals surface area contributed by atoms with E-state index in [1.165, 1.54) is 6.42 Å². The second-order valence-corrected chi connectivity index (χ2v) is 4.33. The standard InChI is InChI=1S/C15H24O3/c1-3-4-9-14(16-2)10-5-7-12-17-15-11-6-8-13-18-15/h3,14-15H,1,4,6-9,11-13H2,2H3. The van der Waals surface area contributed by atoms with Crippen molar-refractivity contribution in [2.45, 2.75) is 50.9 Å². The Morgan fingerprint density at radius 1 is 1.50 bits per heavy atom. The Morgan fingerprint density at radius 2 is 2.39 bits per heavy atom. The van der Waals surface area contributed by atoms with Gasteiger partial charge in [0, 0.05) is 20.1 Å². The van der Waals surface area contributed by atoms with Crippen LogP contribution in [0.15, 0.2) is 12.7 Å². The maximum Gasteiger partial charge on any atom is 0.157 e. The quantitative estimate of drug-likeness (QED) is 0.396. The maximum atomic E-state index is 5.60. The smallest absolute Gasteiger partial charge is 0.157 e. The predicted octanol–water partition coefficient (Wildman–Crippen LogP) is 2.90. The number of hydrogen-bond acceptors (Lipinski definition) is 3. The van der Waals surface area contributed by atoms with Gasteiger partial charge in [0.2, 0.25) is 0 Å². The summed E-state index contributed by atoms with van der Waals surface area (Å²) < 4.78 is 16.3. The molecule has 0 saturated carbocycles.